The number of hydrogen-bond acceptors (Lipinski definition) is 7. The summed E-state index contributed by atoms with van der Waals surface area (Å²) >= 11 is 0. The minimum atomic E-state index is -1.25. The maximum absolute atomic E-state index is 14.3. The summed E-state index contributed by atoms with van der Waals surface area (Å²) in [5.74, 6) is -13.7. The average Bonchev–Trinajstić information content (AvgIpc) is 3.04. The highest BCUT2D eigenvalue weighted by molar-refractivity contribution is 5.88. The fraction of sp³-hybridized carbons (Fsp3) is 0.848. The van der Waals surface area contributed by atoms with E-state index in [1.807, 2.05) is 62.3 Å². The van der Waals surface area contributed by atoms with Gasteiger partial charge in [0.25, 0.3) is 0 Å². The molecule has 0 aliphatic heterocycles. The van der Waals surface area contributed by atoms with Crippen molar-refractivity contribution in [3.05, 3.63) is 0 Å². The third-order valence-electron chi connectivity index (χ3n) is 14.7. The Hall–Kier alpha value is -3.71. The monoisotopic (exact) mass is 853 g/mol. The molecule has 0 radical (unpaired) electrons. The van der Waals surface area contributed by atoms with Crippen molar-refractivity contribution in [2.75, 3.05) is 6.54 Å². The van der Waals surface area contributed by atoms with Gasteiger partial charge in [-0.2, -0.15) is 0 Å². The SMILES string of the molecule is CC(C)(C)CCC(C(=O)O)C(C(=O)O)C(C)(C)C(C)(C)CCCC(C(=O)O)C(C(=O)NC1CCC1)C(C)(C)C(C)(C)CCCC(C(=O)O)C(C(=O)NCC(=O)O)C(C)(C)C. The van der Waals surface area contributed by atoms with Crippen molar-refractivity contribution in [3.8, 4) is 0 Å². The number of carboxylic acid groups (broad SMARTS) is 5. The summed E-state index contributed by atoms with van der Waals surface area (Å²) in [5.41, 5.74) is -4.51. The largest absolute Gasteiger partial charge is 0.481 e. The minimum Gasteiger partial charge on any atom is -0.481 e. The molecular weight excluding hydrogens is 773 g/mol. The van der Waals surface area contributed by atoms with Crippen molar-refractivity contribution in [1.29, 1.82) is 0 Å². The Labute approximate surface area is 358 Å². The number of nitrogens with one attached hydrogen (secondary N) is 2. The van der Waals surface area contributed by atoms with Gasteiger partial charge in [0.2, 0.25) is 11.8 Å². The van der Waals surface area contributed by atoms with Gasteiger partial charge in [-0.25, -0.2) is 0 Å². The van der Waals surface area contributed by atoms with Gasteiger partial charge in [-0.3, -0.25) is 33.6 Å². The number of carbonyl (C=O) groups excluding carboxylic acids is 2. The Balaban J connectivity index is 3.51. The van der Waals surface area contributed by atoms with Gasteiger partial charge in [-0.05, 0) is 90.3 Å². The van der Waals surface area contributed by atoms with Gasteiger partial charge in [-0.15, -0.1) is 0 Å². The van der Waals surface area contributed by atoms with Crippen LogP contribution in [0.25, 0.3) is 0 Å². The van der Waals surface area contributed by atoms with Crippen molar-refractivity contribution < 1.29 is 59.1 Å². The van der Waals surface area contributed by atoms with E-state index in [1.54, 1.807) is 34.6 Å². The molecule has 14 nitrogen and oxygen atoms in total. The van der Waals surface area contributed by atoms with Crippen LogP contribution in [0.2, 0.25) is 0 Å². The normalized spacial score (nSPS) is 17.6. The summed E-state index contributed by atoms with van der Waals surface area (Å²) in [6.45, 7) is 25.4. The van der Waals surface area contributed by atoms with E-state index in [-0.39, 0.29) is 36.6 Å². The highest BCUT2D eigenvalue weighted by atomic mass is 16.4. The van der Waals surface area contributed by atoms with E-state index in [0.29, 0.717) is 32.1 Å². The van der Waals surface area contributed by atoms with Crippen LogP contribution in [-0.4, -0.2) is 79.8 Å². The molecule has 0 heterocycles. The Morgan fingerprint density at radius 2 is 0.917 bits per heavy atom. The van der Waals surface area contributed by atoms with Crippen molar-refractivity contribution >= 4 is 41.7 Å². The molecule has 1 aliphatic carbocycles. The minimum absolute atomic E-state index is 0.0700. The number of amides is 2. The molecule has 0 spiro atoms. The lowest BCUT2D eigenvalue weighted by Crippen LogP contribution is -2.54. The molecular formula is C46H80N2O12. The second kappa shape index (κ2) is 20.9. The van der Waals surface area contributed by atoms with Gasteiger partial charge >= 0.3 is 29.8 Å². The lowest BCUT2D eigenvalue weighted by atomic mass is 9.54. The molecule has 0 aromatic heterocycles. The maximum Gasteiger partial charge on any atom is 0.322 e. The standard InChI is InChI=1S/C46H80N2O12/c1-41(2,3)25-22-30(39(57)58)34(40(59)60)46(13,14)44(9,10)24-17-21-29(38(55)56)33(36(52)48-27-18-15-19-27)45(11,12)43(7,8)23-16-20-28(37(53)54)32(42(4,5)6)35(51)47-26-31(49)50/h27-30,32-34H,15-26H2,1-14H3,(H,47,51)(H,48,52)(H,49,50)(H,53,54)(H,55,56)(H,57,58)(H,59,60). The second-order valence-corrected chi connectivity index (χ2v) is 22.3. The van der Waals surface area contributed by atoms with Crippen molar-refractivity contribution in [3.63, 3.8) is 0 Å². The first-order valence-electron chi connectivity index (χ1n) is 21.7. The molecule has 0 bridgehead atoms. The lowest BCUT2D eigenvalue weighted by Gasteiger charge is -2.49. The molecule has 14 heteroatoms. The zero-order valence-corrected chi connectivity index (χ0v) is 39.1. The highest BCUT2D eigenvalue weighted by Gasteiger charge is 2.54. The number of carbonyl (C=O) groups is 7. The fourth-order valence-corrected chi connectivity index (χ4v) is 9.19. The topological polar surface area (TPSA) is 245 Å². The van der Waals surface area contributed by atoms with Crippen LogP contribution in [0.3, 0.4) is 0 Å². The highest BCUT2D eigenvalue weighted by Crippen LogP contribution is 2.54. The van der Waals surface area contributed by atoms with Gasteiger partial charge < -0.3 is 36.2 Å². The zero-order chi connectivity index (χ0) is 47.0. The van der Waals surface area contributed by atoms with E-state index >= 15 is 0 Å². The summed E-state index contributed by atoms with van der Waals surface area (Å²) < 4.78 is 0. The Kier molecular flexibility index (Phi) is 18.9. The molecule has 0 aromatic rings. The second-order valence-electron chi connectivity index (χ2n) is 22.3. The van der Waals surface area contributed by atoms with E-state index in [9.17, 15) is 54.0 Å². The third kappa shape index (κ3) is 14.5. The Morgan fingerprint density at radius 3 is 1.25 bits per heavy atom. The van der Waals surface area contributed by atoms with Crippen molar-refractivity contribution in [2.45, 2.75) is 174 Å². The average molecular weight is 853 g/mol. The molecule has 1 aliphatic rings. The summed E-state index contributed by atoms with van der Waals surface area (Å²) in [7, 11) is 0. The van der Waals surface area contributed by atoms with Gasteiger partial charge in [0.05, 0.1) is 35.5 Å². The molecule has 1 fully saturated rings. The Bertz CT molecular complexity index is 1530. The van der Waals surface area contributed by atoms with E-state index in [2.05, 4.69) is 10.6 Å². The van der Waals surface area contributed by atoms with Crippen LogP contribution < -0.4 is 10.6 Å². The van der Waals surface area contributed by atoms with Gasteiger partial charge in [-0.1, -0.05) is 110 Å². The predicted molar refractivity (Wildman–Crippen MR) is 229 cm³/mol. The molecule has 6 atom stereocenters. The summed E-state index contributed by atoms with van der Waals surface area (Å²) in [5, 5.41) is 56.5. The van der Waals surface area contributed by atoms with Gasteiger partial charge in [0.1, 0.15) is 6.54 Å². The molecule has 1 saturated carbocycles. The summed E-state index contributed by atoms with van der Waals surface area (Å²) in [6, 6.07) is -0.0700. The molecule has 60 heavy (non-hydrogen) atoms. The Morgan fingerprint density at radius 1 is 0.517 bits per heavy atom. The first-order chi connectivity index (χ1) is 27.0. The first-order valence-corrected chi connectivity index (χ1v) is 21.7. The number of carboxylic acids is 5. The third-order valence-corrected chi connectivity index (χ3v) is 14.7. The van der Waals surface area contributed by atoms with E-state index in [4.69, 9.17) is 5.11 Å². The number of hydrogen-bond donors (Lipinski definition) is 7. The smallest absolute Gasteiger partial charge is 0.322 e. The van der Waals surface area contributed by atoms with Crippen LogP contribution >= 0.6 is 0 Å². The first kappa shape index (κ1) is 54.3. The molecule has 1 rings (SSSR count). The van der Waals surface area contributed by atoms with Crippen LogP contribution in [0.5, 0.6) is 0 Å². The van der Waals surface area contributed by atoms with Gasteiger partial charge in [0, 0.05) is 6.04 Å². The van der Waals surface area contributed by atoms with Gasteiger partial charge in [0.15, 0.2) is 0 Å². The van der Waals surface area contributed by atoms with E-state index in [1.165, 1.54) is 0 Å². The lowest BCUT2D eigenvalue weighted by molar-refractivity contribution is -0.164. The number of aliphatic carboxylic acids is 5. The fourth-order valence-electron chi connectivity index (χ4n) is 9.19. The zero-order valence-electron chi connectivity index (χ0n) is 39.1. The predicted octanol–water partition coefficient (Wildman–Crippen LogP) is 8.21. The van der Waals surface area contributed by atoms with Crippen molar-refractivity contribution in [1.82, 2.24) is 10.6 Å². The van der Waals surface area contributed by atoms with E-state index in [0.717, 1.165) is 19.3 Å². The van der Waals surface area contributed by atoms with Crippen LogP contribution in [0.4, 0.5) is 0 Å². The summed E-state index contributed by atoms with van der Waals surface area (Å²) in [6.07, 6.45) is 4.80. The molecule has 0 aromatic carbocycles. The van der Waals surface area contributed by atoms with E-state index < -0.39 is 105 Å². The van der Waals surface area contributed by atoms with Crippen LogP contribution in [0.1, 0.15) is 168 Å². The molecule has 6 unspecified atom stereocenters. The molecule has 7 N–H and O–H groups in total. The van der Waals surface area contributed by atoms with Crippen LogP contribution in [0.15, 0.2) is 0 Å². The molecule has 346 valence electrons. The quantitative estimate of drug-likeness (QED) is 0.0435. The summed E-state index contributed by atoms with van der Waals surface area (Å²) in [4.78, 5) is 90.1. The van der Waals surface area contributed by atoms with Crippen LogP contribution in [-0.2, 0) is 33.6 Å². The van der Waals surface area contributed by atoms with Crippen molar-refractivity contribution in [2.24, 2.45) is 68.0 Å². The molecule has 2 amide bonds. The molecule has 0 saturated heterocycles. The number of rotatable bonds is 26. The maximum atomic E-state index is 14.3. The van der Waals surface area contributed by atoms with Crippen LogP contribution in [0, 0.1) is 68.0 Å².